The number of carbonyl (C=O) groups is 3. The van der Waals surface area contributed by atoms with Crippen molar-refractivity contribution in [3.8, 4) is 0 Å². The standard InChI is InChI=1S/C15H19NO4/c1-10-4-6-13(8-11(10)2)16-14(18)9-20-15(19)7-5-12(3)17/h4,6,8H,5,7,9H2,1-3H3,(H,16,18). The molecule has 0 radical (unpaired) electrons. The summed E-state index contributed by atoms with van der Waals surface area (Å²) >= 11 is 0. The average Bonchev–Trinajstić information content (AvgIpc) is 2.38. The fourth-order valence-corrected chi connectivity index (χ4v) is 1.51. The van der Waals surface area contributed by atoms with Crippen LogP contribution in [0, 0.1) is 13.8 Å². The first-order chi connectivity index (χ1) is 9.38. The molecule has 0 fully saturated rings. The summed E-state index contributed by atoms with van der Waals surface area (Å²) in [5.41, 5.74) is 2.87. The van der Waals surface area contributed by atoms with E-state index in [1.165, 1.54) is 6.92 Å². The number of aryl methyl sites for hydroxylation is 2. The topological polar surface area (TPSA) is 72.5 Å². The normalized spacial score (nSPS) is 9.95. The summed E-state index contributed by atoms with van der Waals surface area (Å²) in [5.74, 6) is -1.03. The summed E-state index contributed by atoms with van der Waals surface area (Å²) in [6.07, 6.45) is 0.143. The van der Waals surface area contributed by atoms with Crippen molar-refractivity contribution in [3.63, 3.8) is 0 Å². The molecule has 0 unspecified atom stereocenters. The van der Waals surface area contributed by atoms with E-state index in [1.807, 2.05) is 26.0 Å². The molecule has 0 bridgehead atoms. The van der Waals surface area contributed by atoms with Crippen molar-refractivity contribution < 1.29 is 19.1 Å². The number of ether oxygens (including phenoxy) is 1. The van der Waals surface area contributed by atoms with Crippen LogP contribution in [0.4, 0.5) is 5.69 Å². The van der Waals surface area contributed by atoms with E-state index in [-0.39, 0.29) is 25.2 Å². The van der Waals surface area contributed by atoms with Gasteiger partial charge in [-0.2, -0.15) is 0 Å². The van der Waals surface area contributed by atoms with Crippen LogP contribution in [0.5, 0.6) is 0 Å². The second kappa shape index (κ2) is 7.43. The highest BCUT2D eigenvalue weighted by Gasteiger charge is 2.09. The van der Waals surface area contributed by atoms with Gasteiger partial charge in [0.1, 0.15) is 5.78 Å². The van der Waals surface area contributed by atoms with Crippen LogP contribution in [0.1, 0.15) is 30.9 Å². The molecule has 0 aliphatic carbocycles. The molecule has 0 aliphatic heterocycles. The Morgan fingerprint density at radius 3 is 2.40 bits per heavy atom. The van der Waals surface area contributed by atoms with Crippen LogP contribution in [-0.2, 0) is 19.1 Å². The summed E-state index contributed by atoms with van der Waals surface area (Å²) in [5, 5.41) is 2.65. The van der Waals surface area contributed by atoms with Crippen LogP contribution in [0.3, 0.4) is 0 Å². The van der Waals surface area contributed by atoms with Crippen molar-refractivity contribution in [3.05, 3.63) is 29.3 Å². The third kappa shape index (κ3) is 5.65. The molecule has 5 heteroatoms. The Hall–Kier alpha value is -2.17. The van der Waals surface area contributed by atoms with Crippen LogP contribution >= 0.6 is 0 Å². The molecule has 0 saturated carbocycles. The molecule has 1 aromatic carbocycles. The second-order valence-electron chi connectivity index (χ2n) is 4.71. The van der Waals surface area contributed by atoms with E-state index in [2.05, 4.69) is 5.32 Å². The van der Waals surface area contributed by atoms with Crippen LogP contribution < -0.4 is 5.32 Å². The molecule has 0 aliphatic rings. The Morgan fingerprint density at radius 1 is 1.10 bits per heavy atom. The minimum Gasteiger partial charge on any atom is -0.456 e. The summed E-state index contributed by atoms with van der Waals surface area (Å²) in [4.78, 5) is 33.5. The number of amides is 1. The lowest BCUT2D eigenvalue weighted by molar-refractivity contribution is -0.148. The second-order valence-corrected chi connectivity index (χ2v) is 4.71. The Bertz CT molecular complexity index is 523. The summed E-state index contributed by atoms with van der Waals surface area (Å²) in [6, 6.07) is 5.55. The van der Waals surface area contributed by atoms with E-state index in [1.54, 1.807) is 6.07 Å². The van der Waals surface area contributed by atoms with E-state index in [0.29, 0.717) is 5.69 Å². The average molecular weight is 277 g/mol. The molecule has 0 heterocycles. The van der Waals surface area contributed by atoms with E-state index >= 15 is 0 Å². The van der Waals surface area contributed by atoms with E-state index < -0.39 is 11.9 Å². The molecule has 1 aromatic rings. The zero-order chi connectivity index (χ0) is 15.1. The lowest BCUT2D eigenvalue weighted by Gasteiger charge is -2.08. The first-order valence-electron chi connectivity index (χ1n) is 6.40. The maximum atomic E-state index is 11.6. The highest BCUT2D eigenvalue weighted by atomic mass is 16.5. The summed E-state index contributed by atoms with van der Waals surface area (Å²) in [7, 11) is 0. The molecular formula is C15H19NO4. The van der Waals surface area contributed by atoms with E-state index in [4.69, 9.17) is 4.74 Å². The summed E-state index contributed by atoms with van der Waals surface area (Å²) in [6.45, 7) is 4.99. The predicted octanol–water partition coefficient (Wildman–Crippen LogP) is 2.15. The fraction of sp³-hybridized carbons (Fsp3) is 0.400. The first kappa shape index (κ1) is 15.9. The van der Waals surface area contributed by atoms with E-state index in [9.17, 15) is 14.4 Å². The number of rotatable bonds is 6. The van der Waals surface area contributed by atoms with Crippen LogP contribution in [0.2, 0.25) is 0 Å². The van der Waals surface area contributed by atoms with Crippen molar-refractivity contribution in [2.24, 2.45) is 0 Å². The molecular weight excluding hydrogens is 258 g/mol. The third-order valence-electron chi connectivity index (χ3n) is 2.84. The quantitative estimate of drug-likeness (QED) is 0.809. The lowest BCUT2D eigenvalue weighted by Crippen LogP contribution is -2.21. The van der Waals surface area contributed by atoms with Gasteiger partial charge in [-0.1, -0.05) is 6.07 Å². The number of anilines is 1. The third-order valence-corrected chi connectivity index (χ3v) is 2.84. The maximum absolute atomic E-state index is 11.6. The van der Waals surface area contributed by atoms with Crippen molar-refractivity contribution in [2.45, 2.75) is 33.6 Å². The first-order valence-corrected chi connectivity index (χ1v) is 6.40. The number of esters is 1. The van der Waals surface area contributed by atoms with Crippen LogP contribution in [0.25, 0.3) is 0 Å². The molecule has 20 heavy (non-hydrogen) atoms. The van der Waals surface area contributed by atoms with E-state index in [0.717, 1.165) is 11.1 Å². The number of carbonyl (C=O) groups excluding carboxylic acids is 3. The van der Waals surface area contributed by atoms with Crippen molar-refractivity contribution in [1.29, 1.82) is 0 Å². The van der Waals surface area contributed by atoms with Gasteiger partial charge in [0.25, 0.3) is 5.91 Å². The zero-order valence-electron chi connectivity index (χ0n) is 12.0. The summed E-state index contributed by atoms with van der Waals surface area (Å²) < 4.78 is 4.78. The Kier molecular flexibility index (Phi) is 5.90. The minimum absolute atomic E-state index is 0.00620. The smallest absolute Gasteiger partial charge is 0.306 e. The molecule has 0 saturated heterocycles. The largest absolute Gasteiger partial charge is 0.456 e. The van der Waals surface area contributed by atoms with Gasteiger partial charge in [0, 0.05) is 12.1 Å². The Morgan fingerprint density at radius 2 is 1.80 bits per heavy atom. The molecule has 1 N–H and O–H groups in total. The molecule has 108 valence electrons. The number of benzene rings is 1. The maximum Gasteiger partial charge on any atom is 0.306 e. The lowest BCUT2D eigenvalue weighted by atomic mass is 10.1. The Balaban J connectivity index is 2.38. The van der Waals surface area contributed by atoms with Gasteiger partial charge in [-0.25, -0.2) is 0 Å². The van der Waals surface area contributed by atoms with Gasteiger partial charge < -0.3 is 14.8 Å². The highest BCUT2D eigenvalue weighted by molar-refractivity contribution is 5.93. The molecule has 0 atom stereocenters. The monoisotopic (exact) mass is 277 g/mol. The van der Waals surface area contributed by atoms with Crippen molar-refractivity contribution in [2.75, 3.05) is 11.9 Å². The Labute approximate surface area is 118 Å². The predicted molar refractivity (Wildman–Crippen MR) is 75.4 cm³/mol. The van der Waals surface area contributed by atoms with Gasteiger partial charge in [0.05, 0.1) is 6.42 Å². The van der Waals surface area contributed by atoms with Gasteiger partial charge in [-0.05, 0) is 44.0 Å². The SMILES string of the molecule is CC(=O)CCC(=O)OCC(=O)Nc1ccc(C)c(C)c1. The van der Waals surface area contributed by atoms with Gasteiger partial charge in [-0.15, -0.1) is 0 Å². The fourth-order valence-electron chi connectivity index (χ4n) is 1.51. The number of nitrogens with one attached hydrogen (secondary N) is 1. The van der Waals surface area contributed by atoms with Crippen LogP contribution in [-0.4, -0.2) is 24.3 Å². The number of Topliss-reactive ketones (excluding diaryl/α,β-unsaturated/α-hetero) is 1. The number of ketones is 1. The molecule has 0 spiro atoms. The molecule has 0 aromatic heterocycles. The molecule has 5 nitrogen and oxygen atoms in total. The highest BCUT2D eigenvalue weighted by Crippen LogP contribution is 2.13. The van der Waals surface area contributed by atoms with Crippen molar-refractivity contribution in [1.82, 2.24) is 0 Å². The van der Waals surface area contributed by atoms with Gasteiger partial charge in [0.2, 0.25) is 0 Å². The minimum atomic E-state index is -0.546. The zero-order valence-corrected chi connectivity index (χ0v) is 12.0. The van der Waals surface area contributed by atoms with Gasteiger partial charge >= 0.3 is 5.97 Å². The molecule has 1 rings (SSSR count). The number of hydrogen-bond donors (Lipinski definition) is 1. The van der Waals surface area contributed by atoms with Crippen molar-refractivity contribution >= 4 is 23.3 Å². The van der Waals surface area contributed by atoms with Gasteiger partial charge in [0.15, 0.2) is 6.61 Å². The molecule has 1 amide bonds. The van der Waals surface area contributed by atoms with Gasteiger partial charge in [-0.3, -0.25) is 9.59 Å². The number of hydrogen-bond acceptors (Lipinski definition) is 4. The van der Waals surface area contributed by atoms with Crippen LogP contribution in [0.15, 0.2) is 18.2 Å².